The van der Waals surface area contributed by atoms with Gasteiger partial charge in [0.25, 0.3) is 5.91 Å². The molecule has 10 nitrogen and oxygen atoms in total. The van der Waals surface area contributed by atoms with Crippen molar-refractivity contribution in [3.05, 3.63) is 51.6 Å². The molecule has 10 heteroatoms. The van der Waals surface area contributed by atoms with Crippen LogP contribution in [0.1, 0.15) is 15.9 Å². The van der Waals surface area contributed by atoms with Crippen molar-refractivity contribution in [3.63, 3.8) is 0 Å². The highest BCUT2D eigenvalue weighted by Crippen LogP contribution is 2.46. The molecule has 0 aliphatic heterocycles. The second-order valence-electron chi connectivity index (χ2n) is 5.59. The van der Waals surface area contributed by atoms with Crippen molar-refractivity contribution in [1.82, 2.24) is 0 Å². The molecule has 0 saturated heterocycles. The number of methoxy groups -OCH3 is 3. The average Bonchev–Trinajstić information content (AvgIpc) is 2.66. The second kappa shape index (κ2) is 8.71. The first-order chi connectivity index (χ1) is 13.3. The largest absolute Gasteiger partial charge is 0.493 e. The van der Waals surface area contributed by atoms with Gasteiger partial charge in [0.1, 0.15) is 5.56 Å². The molecule has 0 atom stereocenters. The van der Waals surface area contributed by atoms with E-state index in [-0.39, 0.29) is 29.2 Å². The average molecular weight is 389 g/mol. The summed E-state index contributed by atoms with van der Waals surface area (Å²) in [7, 11) is 3.86. The minimum atomic E-state index is -0.742. The number of nitrogens with one attached hydrogen (secondary N) is 1. The summed E-state index contributed by atoms with van der Waals surface area (Å²) in [5, 5.41) is 14.1. The molecule has 0 aliphatic rings. The van der Waals surface area contributed by atoms with Gasteiger partial charge in [0.15, 0.2) is 5.75 Å². The van der Waals surface area contributed by atoms with Gasteiger partial charge in [-0.25, -0.2) is 0 Å². The Morgan fingerprint density at radius 1 is 1.07 bits per heavy atom. The summed E-state index contributed by atoms with van der Waals surface area (Å²) in [4.78, 5) is 34.5. The fraction of sp³-hybridized carbons (Fsp3) is 0.222. The fourth-order valence-corrected chi connectivity index (χ4v) is 2.60. The monoisotopic (exact) mass is 389 g/mol. The number of ether oxygens (including phenoxy) is 3. The predicted octanol–water partition coefficient (Wildman–Crippen LogP) is 1.90. The van der Waals surface area contributed by atoms with Crippen LogP contribution in [0.2, 0.25) is 0 Å². The van der Waals surface area contributed by atoms with E-state index in [1.807, 2.05) is 0 Å². The van der Waals surface area contributed by atoms with Crippen molar-refractivity contribution in [1.29, 1.82) is 0 Å². The third-order valence-electron chi connectivity index (χ3n) is 3.82. The molecule has 0 radical (unpaired) electrons. The van der Waals surface area contributed by atoms with Gasteiger partial charge in [-0.3, -0.25) is 19.7 Å². The lowest BCUT2D eigenvalue weighted by molar-refractivity contribution is -0.386. The van der Waals surface area contributed by atoms with Crippen LogP contribution in [0.4, 0.5) is 11.4 Å². The SMILES string of the molecule is COc1cc(C(=O)Nc2ccc(CC(N)=O)cc2)c([N+](=O)[O-])c(OC)c1OC. The summed E-state index contributed by atoms with van der Waals surface area (Å²) in [6.07, 6.45) is 0.0621. The lowest BCUT2D eigenvalue weighted by Gasteiger charge is -2.15. The maximum atomic E-state index is 12.7. The number of nitrogens with zero attached hydrogens (tertiary/aromatic N) is 1. The number of nitrogens with two attached hydrogens (primary N) is 1. The molecule has 0 fully saturated rings. The number of benzene rings is 2. The first-order valence-corrected chi connectivity index (χ1v) is 7.98. The Hall–Kier alpha value is -3.82. The number of rotatable bonds is 8. The molecule has 0 aliphatic carbocycles. The summed E-state index contributed by atoms with van der Waals surface area (Å²) < 4.78 is 15.4. The number of hydrogen-bond acceptors (Lipinski definition) is 7. The van der Waals surface area contributed by atoms with Gasteiger partial charge in [0.2, 0.25) is 17.4 Å². The lowest BCUT2D eigenvalue weighted by atomic mass is 10.1. The molecule has 0 heterocycles. The first-order valence-electron chi connectivity index (χ1n) is 7.98. The van der Waals surface area contributed by atoms with Crippen LogP contribution in [0.15, 0.2) is 30.3 Å². The number of hydrogen-bond donors (Lipinski definition) is 2. The van der Waals surface area contributed by atoms with Gasteiger partial charge >= 0.3 is 5.69 Å². The Morgan fingerprint density at radius 2 is 1.68 bits per heavy atom. The summed E-state index contributed by atoms with van der Waals surface area (Å²) in [6.45, 7) is 0. The normalized spacial score (nSPS) is 10.1. The van der Waals surface area contributed by atoms with Crippen molar-refractivity contribution in [3.8, 4) is 17.2 Å². The maximum Gasteiger partial charge on any atom is 0.327 e. The molecule has 3 N–H and O–H groups in total. The van der Waals surface area contributed by atoms with Crippen LogP contribution in [-0.4, -0.2) is 38.1 Å². The van der Waals surface area contributed by atoms with Gasteiger partial charge in [0, 0.05) is 11.8 Å². The molecule has 28 heavy (non-hydrogen) atoms. The zero-order chi connectivity index (χ0) is 20.8. The molecule has 2 aromatic rings. The van der Waals surface area contributed by atoms with E-state index in [0.717, 1.165) is 0 Å². The van der Waals surface area contributed by atoms with Gasteiger partial charge in [-0.1, -0.05) is 12.1 Å². The van der Waals surface area contributed by atoms with Crippen LogP contribution in [-0.2, 0) is 11.2 Å². The Bertz CT molecular complexity index is 910. The van der Waals surface area contributed by atoms with E-state index in [1.54, 1.807) is 24.3 Å². The molecule has 0 unspecified atom stereocenters. The topological polar surface area (TPSA) is 143 Å². The molecule has 2 rings (SSSR count). The lowest BCUT2D eigenvalue weighted by Crippen LogP contribution is -2.16. The molecule has 2 amide bonds. The summed E-state index contributed by atoms with van der Waals surface area (Å²) in [5.74, 6) is -1.34. The van der Waals surface area contributed by atoms with Gasteiger partial charge < -0.3 is 25.3 Å². The molecule has 0 spiro atoms. The number of amides is 2. The number of carbonyl (C=O) groups is 2. The Morgan fingerprint density at radius 3 is 2.14 bits per heavy atom. The minimum absolute atomic E-state index is 0.00375. The predicted molar refractivity (Wildman–Crippen MR) is 100 cm³/mol. The third kappa shape index (κ3) is 4.29. The van der Waals surface area contributed by atoms with Crippen molar-refractivity contribution in [2.45, 2.75) is 6.42 Å². The second-order valence-corrected chi connectivity index (χ2v) is 5.59. The first kappa shape index (κ1) is 20.5. The van der Waals surface area contributed by atoms with E-state index < -0.39 is 22.4 Å². The Labute approximate surface area is 160 Å². The van der Waals surface area contributed by atoms with Crippen molar-refractivity contribution >= 4 is 23.2 Å². The highest BCUT2D eigenvalue weighted by atomic mass is 16.6. The Balaban J connectivity index is 2.44. The van der Waals surface area contributed by atoms with Gasteiger partial charge in [0.05, 0.1) is 32.7 Å². The molecule has 0 aromatic heterocycles. The standard InChI is InChI=1S/C18H19N3O7/c1-26-13-9-12(15(21(24)25)17(28-3)16(13)27-2)18(23)20-11-6-4-10(5-7-11)8-14(19)22/h4-7,9H,8H2,1-3H3,(H2,19,22)(H,20,23). The van der Waals surface area contributed by atoms with Gasteiger partial charge in [-0.15, -0.1) is 0 Å². The number of nitro groups is 1. The van der Waals surface area contributed by atoms with Crippen molar-refractivity contribution < 1.29 is 28.7 Å². The van der Waals surface area contributed by atoms with Crippen molar-refractivity contribution in [2.75, 3.05) is 26.6 Å². The van der Waals surface area contributed by atoms with Gasteiger partial charge in [-0.2, -0.15) is 0 Å². The van der Waals surface area contributed by atoms with E-state index in [9.17, 15) is 19.7 Å². The quantitative estimate of drug-likeness (QED) is 0.518. The van der Waals surface area contributed by atoms with Crippen molar-refractivity contribution in [2.24, 2.45) is 5.73 Å². The van der Waals surface area contributed by atoms with Crippen LogP contribution < -0.4 is 25.3 Å². The number of nitro benzene ring substituents is 1. The van der Waals surface area contributed by atoms with E-state index in [4.69, 9.17) is 19.9 Å². The summed E-state index contributed by atoms with van der Waals surface area (Å²) in [5.41, 5.74) is 5.37. The number of anilines is 1. The number of primary amides is 1. The molecule has 0 bridgehead atoms. The summed E-state index contributed by atoms with van der Waals surface area (Å²) in [6, 6.07) is 7.55. The third-order valence-corrected chi connectivity index (χ3v) is 3.82. The van der Waals surface area contributed by atoms with E-state index in [0.29, 0.717) is 11.3 Å². The fourth-order valence-electron chi connectivity index (χ4n) is 2.60. The zero-order valence-corrected chi connectivity index (χ0v) is 15.5. The van der Waals surface area contributed by atoms with Crippen LogP contribution in [0.5, 0.6) is 17.2 Å². The molecular formula is C18H19N3O7. The zero-order valence-electron chi connectivity index (χ0n) is 15.5. The molecule has 148 valence electrons. The molecular weight excluding hydrogens is 370 g/mol. The highest BCUT2D eigenvalue weighted by Gasteiger charge is 2.32. The van der Waals surface area contributed by atoms with Gasteiger partial charge in [-0.05, 0) is 17.7 Å². The van der Waals surface area contributed by atoms with Crippen LogP contribution in [0, 0.1) is 10.1 Å². The van der Waals surface area contributed by atoms with Crippen LogP contribution in [0.25, 0.3) is 0 Å². The van der Waals surface area contributed by atoms with E-state index >= 15 is 0 Å². The Kier molecular flexibility index (Phi) is 6.38. The molecule has 2 aromatic carbocycles. The maximum absolute atomic E-state index is 12.7. The highest BCUT2D eigenvalue weighted by molar-refractivity contribution is 6.08. The smallest absolute Gasteiger partial charge is 0.327 e. The molecule has 0 saturated carbocycles. The van der Waals surface area contributed by atoms with Crippen LogP contribution in [0.3, 0.4) is 0 Å². The minimum Gasteiger partial charge on any atom is -0.493 e. The van der Waals surface area contributed by atoms with E-state index in [2.05, 4.69) is 5.32 Å². The van der Waals surface area contributed by atoms with E-state index in [1.165, 1.54) is 27.4 Å². The van der Waals surface area contributed by atoms with Crippen LogP contribution >= 0.6 is 0 Å². The summed E-state index contributed by atoms with van der Waals surface area (Å²) >= 11 is 0. The number of carbonyl (C=O) groups excluding carboxylic acids is 2.